The summed E-state index contributed by atoms with van der Waals surface area (Å²) in [5.41, 5.74) is 5.36. The molecule has 2 amide bonds. The average molecular weight is 282 g/mol. The molecule has 0 spiro atoms. The van der Waals surface area contributed by atoms with E-state index >= 15 is 0 Å². The van der Waals surface area contributed by atoms with Crippen molar-refractivity contribution < 1.29 is 19.5 Å². The number of carbonyl (C=O) groups is 3. The number of carboxylic acids is 1. The Bertz CT molecular complexity index is 378. The molecule has 1 atom stereocenters. The first-order chi connectivity index (χ1) is 9.49. The Balaban J connectivity index is 5.24. The second kappa shape index (κ2) is 9.91. The van der Waals surface area contributed by atoms with Crippen LogP contribution in [0.1, 0.15) is 33.1 Å². The van der Waals surface area contributed by atoms with Crippen molar-refractivity contribution in [1.82, 2.24) is 4.90 Å². The number of hydrogen-bond acceptors (Lipinski definition) is 4. The van der Waals surface area contributed by atoms with Crippen LogP contribution >= 0.6 is 0 Å². The van der Waals surface area contributed by atoms with Crippen LogP contribution in [-0.4, -0.2) is 40.4 Å². The summed E-state index contributed by atoms with van der Waals surface area (Å²) < 4.78 is 0. The van der Waals surface area contributed by atoms with Crippen molar-refractivity contribution in [3.05, 3.63) is 24.3 Å². The molecule has 0 saturated carbocycles. The van der Waals surface area contributed by atoms with Gasteiger partial charge in [-0.2, -0.15) is 0 Å². The van der Waals surface area contributed by atoms with Crippen LogP contribution in [0.25, 0.3) is 0 Å². The zero-order valence-electron chi connectivity index (χ0n) is 11.9. The van der Waals surface area contributed by atoms with Gasteiger partial charge in [0.15, 0.2) is 0 Å². The fraction of sp³-hybridized carbons (Fsp3) is 0.500. The molecule has 0 aromatic heterocycles. The Morgan fingerprint density at radius 3 is 1.95 bits per heavy atom. The maximum absolute atomic E-state index is 11.9. The van der Waals surface area contributed by atoms with Crippen LogP contribution in [0.2, 0.25) is 0 Å². The van der Waals surface area contributed by atoms with Gasteiger partial charge >= 0.3 is 5.97 Å². The Kier molecular flexibility index (Phi) is 8.95. The van der Waals surface area contributed by atoms with Crippen molar-refractivity contribution in [3.63, 3.8) is 0 Å². The molecule has 0 saturated heterocycles. The van der Waals surface area contributed by atoms with Gasteiger partial charge in [0.05, 0.1) is 0 Å². The second-order valence-corrected chi connectivity index (χ2v) is 4.18. The van der Waals surface area contributed by atoms with Gasteiger partial charge in [-0.1, -0.05) is 12.2 Å². The first-order valence-corrected chi connectivity index (χ1v) is 6.55. The van der Waals surface area contributed by atoms with Crippen molar-refractivity contribution in [2.75, 3.05) is 6.54 Å². The smallest absolute Gasteiger partial charge is 0.326 e. The van der Waals surface area contributed by atoms with Gasteiger partial charge in [0, 0.05) is 0 Å². The van der Waals surface area contributed by atoms with Crippen molar-refractivity contribution in [2.45, 2.75) is 39.2 Å². The summed E-state index contributed by atoms with van der Waals surface area (Å²) in [6, 6.07) is -1.17. The summed E-state index contributed by atoms with van der Waals surface area (Å²) in [5.74, 6) is -2.45. The quantitative estimate of drug-likeness (QED) is 0.512. The molecule has 0 bridgehead atoms. The summed E-state index contributed by atoms with van der Waals surface area (Å²) >= 11 is 0. The van der Waals surface area contributed by atoms with Gasteiger partial charge in [0.25, 0.3) is 11.8 Å². The SMILES string of the molecule is CC=CC(=O)N(C(=O)/C=C/C)C(CCCCN)C(=O)O. The van der Waals surface area contributed by atoms with E-state index in [1.54, 1.807) is 13.8 Å². The number of unbranched alkanes of at least 4 members (excludes halogenated alkanes) is 1. The average Bonchev–Trinajstić information content (AvgIpc) is 2.38. The monoisotopic (exact) mass is 282 g/mol. The highest BCUT2D eigenvalue weighted by atomic mass is 16.4. The fourth-order valence-corrected chi connectivity index (χ4v) is 1.71. The van der Waals surface area contributed by atoms with Crippen LogP contribution < -0.4 is 5.73 Å². The van der Waals surface area contributed by atoms with Crippen molar-refractivity contribution in [1.29, 1.82) is 0 Å². The molecule has 0 rings (SSSR count). The molecule has 0 aliphatic heterocycles. The fourth-order valence-electron chi connectivity index (χ4n) is 1.71. The number of carboxylic acid groups (broad SMARTS) is 1. The molecule has 0 radical (unpaired) electrons. The van der Waals surface area contributed by atoms with Crippen LogP contribution in [0.5, 0.6) is 0 Å². The standard InChI is InChI=1S/C14H22N2O4/c1-3-7-12(17)16(13(18)8-4-2)11(14(19)20)9-5-6-10-15/h3-4,7-8,11H,5-6,9-10,15H2,1-2H3,(H,19,20)/b7-3+,8-4?. The molecule has 112 valence electrons. The lowest BCUT2D eigenvalue weighted by Crippen LogP contribution is -2.47. The molecule has 20 heavy (non-hydrogen) atoms. The molecule has 6 nitrogen and oxygen atoms in total. The molecule has 6 heteroatoms. The van der Waals surface area contributed by atoms with Crippen molar-refractivity contribution >= 4 is 17.8 Å². The minimum Gasteiger partial charge on any atom is -0.480 e. The molecule has 0 fully saturated rings. The normalized spacial score (nSPS) is 12.8. The van der Waals surface area contributed by atoms with Gasteiger partial charge in [0.1, 0.15) is 6.04 Å². The zero-order chi connectivity index (χ0) is 15.5. The maximum atomic E-state index is 11.9. The van der Waals surface area contributed by atoms with Crippen LogP contribution in [0.3, 0.4) is 0 Å². The molecule has 0 aliphatic carbocycles. The number of carbonyl (C=O) groups excluding carboxylic acids is 2. The lowest BCUT2D eigenvalue weighted by Gasteiger charge is -2.25. The number of nitrogens with two attached hydrogens (primary N) is 1. The van der Waals surface area contributed by atoms with E-state index in [-0.39, 0.29) is 6.42 Å². The zero-order valence-corrected chi connectivity index (χ0v) is 11.9. The predicted octanol–water partition coefficient (Wildman–Crippen LogP) is 1.08. The van der Waals surface area contributed by atoms with E-state index in [9.17, 15) is 19.5 Å². The summed E-state index contributed by atoms with van der Waals surface area (Å²) in [7, 11) is 0. The summed E-state index contributed by atoms with van der Waals surface area (Å²) in [6.45, 7) is 3.69. The van der Waals surface area contributed by atoms with E-state index in [0.717, 1.165) is 4.90 Å². The Labute approximate surface area is 118 Å². The number of allylic oxidation sites excluding steroid dienone is 2. The van der Waals surface area contributed by atoms with Gasteiger partial charge in [-0.3, -0.25) is 14.5 Å². The molecule has 0 aromatic carbocycles. The number of nitrogens with zero attached hydrogens (tertiary/aromatic N) is 1. The Hall–Kier alpha value is -1.95. The molecular formula is C14H22N2O4. The van der Waals surface area contributed by atoms with E-state index in [4.69, 9.17) is 5.73 Å². The third-order valence-corrected chi connectivity index (χ3v) is 2.62. The van der Waals surface area contributed by atoms with E-state index in [0.29, 0.717) is 19.4 Å². The summed E-state index contributed by atoms with van der Waals surface area (Å²) in [4.78, 5) is 36.0. The minimum absolute atomic E-state index is 0.194. The van der Waals surface area contributed by atoms with Gasteiger partial charge in [-0.05, 0) is 51.8 Å². The lowest BCUT2D eigenvalue weighted by molar-refractivity contribution is -0.154. The van der Waals surface area contributed by atoms with Gasteiger partial charge in [0.2, 0.25) is 0 Å². The predicted molar refractivity (Wildman–Crippen MR) is 75.8 cm³/mol. The second-order valence-electron chi connectivity index (χ2n) is 4.18. The third kappa shape index (κ3) is 5.79. The summed E-state index contributed by atoms with van der Waals surface area (Å²) in [6.07, 6.45) is 6.68. The van der Waals surface area contributed by atoms with E-state index in [2.05, 4.69) is 0 Å². The number of rotatable bonds is 8. The van der Waals surface area contributed by atoms with E-state index in [1.807, 2.05) is 0 Å². The van der Waals surface area contributed by atoms with Crippen molar-refractivity contribution in [3.8, 4) is 0 Å². The first-order valence-electron chi connectivity index (χ1n) is 6.55. The lowest BCUT2D eigenvalue weighted by atomic mass is 10.1. The molecule has 3 N–H and O–H groups in total. The Morgan fingerprint density at radius 1 is 1.10 bits per heavy atom. The number of aliphatic carboxylic acids is 1. The number of hydrogen-bond donors (Lipinski definition) is 2. The van der Waals surface area contributed by atoms with Crippen LogP contribution in [-0.2, 0) is 14.4 Å². The van der Waals surface area contributed by atoms with Gasteiger partial charge in [-0.15, -0.1) is 0 Å². The first kappa shape index (κ1) is 18.0. The number of amides is 2. The Morgan fingerprint density at radius 2 is 1.60 bits per heavy atom. The molecule has 0 aromatic rings. The summed E-state index contributed by atoms with van der Waals surface area (Å²) in [5, 5.41) is 9.25. The number of imide groups is 1. The van der Waals surface area contributed by atoms with Crippen LogP contribution in [0, 0.1) is 0 Å². The minimum atomic E-state index is -1.20. The van der Waals surface area contributed by atoms with Gasteiger partial charge < -0.3 is 10.8 Å². The highest BCUT2D eigenvalue weighted by Gasteiger charge is 2.31. The highest BCUT2D eigenvalue weighted by Crippen LogP contribution is 2.12. The molecule has 0 heterocycles. The molecule has 1 unspecified atom stereocenters. The van der Waals surface area contributed by atoms with Crippen LogP contribution in [0.15, 0.2) is 24.3 Å². The topological polar surface area (TPSA) is 101 Å². The molecule has 0 aliphatic rings. The largest absolute Gasteiger partial charge is 0.480 e. The highest BCUT2D eigenvalue weighted by molar-refractivity contribution is 6.07. The van der Waals surface area contributed by atoms with Gasteiger partial charge in [-0.25, -0.2) is 4.79 Å². The van der Waals surface area contributed by atoms with E-state index in [1.165, 1.54) is 24.3 Å². The van der Waals surface area contributed by atoms with Crippen molar-refractivity contribution in [2.24, 2.45) is 5.73 Å². The third-order valence-electron chi connectivity index (χ3n) is 2.62. The van der Waals surface area contributed by atoms with Crippen LogP contribution in [0.4, 0.5) is 0 Å². The molecular weight excluding hydrogens is 260 g/mol. The maximum Gasteiger partial charge on any atom is 0.326 e. The van der Waals surface area contributed by atoms with E-state index < -0.39 is 23.8 Å².